The minimum Gasteiger partial charge on any atom is -0.748 e. The molecule has 0 heterocycles. The maximum absolute atomic E-state index is 9.08. The molecule has 0 unspecified atom stereocenters. The summed E-state index contributed by atoms with van der Waals surface area (Å²) in [6.45, 7) is 10.4. The van der Waals surface area contributed by atoms with Crippen molar-refractivity contribution < 1.29 is 89.4 Å². The Morgan fingerprint density at radius 2 is 0.672 bits per heavy atom. The first-order valence-corrected chi connectivity index (χ1v) is 27.2. The van der Waals surface area contributed by atoms with Gasteiger partial charge in [0.25, 0.3) is 0 Å². The molecule has 0 saturated carbocycles. The van der Waals surface area contributed by atoms with Gasteiger partial charge in [0.15, 0.2) is 0 Å². The topological polar surface area (TPSA) is 124 Å². The summed E-state index contributed by atoms with van der Waals surface area (Å²) in [5.41, 5.74) is 2.62. The number of hydrogen-bond acceptors (Lipinski definition) is 9. The smallest absolute Gasteiger partial charge is 0.748 e. The number of hydrogen-bond donors (Lipinski definition) is 0. The molecular weight excluding hydrogens is 863 g/mol. The van der Waals surface area contributed by atoms with E-state index in [4.69, 9.17) is 30.3 Å². The number of rotatable bonds is 37. The van der Waals surface area contributed by atoms with E-state index in [0.717, 1.165) is 18.0 Å². The molecule has 0 aromatic heterocycles. The number of benzene rings is 2. The molecule has 2 aromatic carbocycles. The molecule has 0 amide bonds. The predicted molar refractivity (Wildman–Crippen MR) is 266 cm³/mol. The van der Waals surface area contributed by atoms with Crippen molar-refractivity contribution in [2.75, 3.05) is 42.7 Å². The van der Waals surface area contributed by atoms with Crippen LogP contribution in [0.3, 0.4) is 0 Å². The van der Waals surface area contributed by atoms with Gasteiger partial charge in [-0.25, -0.2) is 8.42 Å². The maximum Gasteiger partial charge on any atom is 1.00 e. The molecule has 2 rings (SSSR count). The van der Waals surface area contributed by atoms with Gasteiger partial charge >= 0.3 is 69.7 Å². The first kappa shape index (κ1) is 69.9. The van der Waals surface area contributed by atoms with E-state index in [2.05, 4.69) is 86.1 Å². The Balaban J connectivity index is -0.00000136. The molecule has 0 fully saturated rings. The second-order valence-corrected chi connectivity index (χ2v) is 18.8. The largest absolute Gasteiger partial charge is 1.00 e. The molecule has 0 aliphatic carbocycles. The van der Waals surface area contributed by atoms with E-state index in [-0.39, 0.29) is 66.5 Å². The average molecular weight is 955 g/mol. The summed E-state index contributed by atoms with van der Waals surface area (Å²) in [6.07, 6.45) is 42.3. The van der Waals surface area contributed by atoms with E-state index < -0.39 is 20.7 Å². The van der Waals surface area contributed by atoms with Crippen LogP contribution < -0.4 is 73.7 Å². The molecule has 0 saturated heterocycles. The van der Waals surface area contributed by atoms with Crippen LogP contribution in [-0.4, -0.2) is 58.5 Å². The minimum atomic E-state index is -3.92. The van der Waals surface area contributed by atoms with E-state index >= 15 is 0 Å². The molecule has 0 atom stereocenters. The van der Waals surface area contributed by atoms with Crippen LogP contribution >= 0.6 is 0 Å². The molecule has 362 valence electrons. The molecule has 9 nitrogen and oxygen atoms in total. The second-order valence-electron chi connectivity index (χ2n) is 17.0. The predicted octanol–water partition coefficient (Wildman–Crippen LogP) is 9.10. The molecule has 64 heavy (non-hydrogen) atoms. The van der Waals surface area contributed by atoms with Crippen molar-refractivity contribution in [3.63, 3.8) is 0 Å². The maximum atomic E-state index is 9.08. The SMILES string of the molecule is CCCCCCCCCCCCN(C)c1ccc(Oc2ccc(N(CCCCCCCCCCCC)CCCCCCCCCCCC)cc2)cc1.CS(=O)(=O)[O-].O=S(=O)=O.[CH3-].[Na+].[Na+]. The van der Waals surface area contributed by atoms with Crippen LogP contribution in [0.5, 0.6) is 11.5 Å². The summed E-state index contributed by atoms with van der Waals surface area (Å²) < 4.78 is 58.9. The molecule has 13 heteroatoms. The minimum absolute atomic E-state index is 0. The average Bonchev–Trinajstić information content (AvgIpc) is 3.22. The Hall–Kier alpha value is -0.630. The van der Waals surface area contributed by atoms with Crippen molar-refractivity contribution in [3.05, 3.63) is 56.0 Å². The molecule has 0 radical (unpaired) electrons. The molecule has 2 aromatic rings. The Morgan fingerprint density at radius 3 is 0.938 bits per heavy atom. The van der Waals surface area contributed by atoms with E-state index in [0.29, 0.717) is 6.26 Å². The zero-order chi connectivity index (χ0) is 45.2. The normalized spacial score (nSPS) is 10.5. The summed E-state index contributed by atoms with van der Waals surface area (Å²) in [7, 11) is -4.81. The van der Waals surface area contributed by atoms with Gasteiger partial charge in [0.2, 0.25) is 0 Å². The first-order valence-electron chi connectivity index (χ1n) is 24.4. The summed E-state index contributed by atoms with van der Waals surface area (Å²) in [6, 6.07) is 17.6. The summed E-state index contributed by atoms with van der Waals surface area (Å²) in [5.74, 6) is 1.84. The third-order valence-electron chi connectivity index (χ3n) is 11.1. The summed E-state index contributed by atoms with van der Waals surface area (Å²) in [4.78, 5) is 5.04. The number of nitrogens with zero attached hydrogens (tertiary/aromatic N) is 2. The zero-order valence-electron chi connectivity index (χ0n) is 42.5. The van der Waals surface area contributed by atoms with Crippen molar-refractivity contribution in [1.29, 1.82) is 0 Å². The standard InChI is InChI=1S/C49H86N2O.CH4O3S.CH3.2Na.O3S/c1-5-8-11-14-17-20-23-26-29-32-43-50(4)46-35-39-48(40-36-46)52-49-41-37-47(38-42-49)51(44-33-30-27-24-21-18-15-12-9-6-2)45-34-31-28-25-22-19-16-13-10-7-3;1-5(2,3)4;;;;1-4(2)3/h35-42H,5-34,43-45H2,1-4H3;1H3,(H,2,3,4);1H3;;;/q;;-1;2*+1;/p-1. The van der Waals surface area contributed by atoms with Crippen LogP contribution in [0.2, 0.25) is 0 Å². The Bertz CT molecular complexity index is 1450. The van der Waals surface area contributed by atoms with Gasteiger partial charge in [0.05, 0.1) is 10.1 Å². The van der Waals surface area contributed by atoms with Gasteiger partial charge in [-0.3, -0.25) is 0 Å². The monoisotopic (exact) mass is 955 g/mol. The van der Waals surface area contributed by atoms with Gasteiger partial charge in [-0.15, -0.1) is 12.6 Å². The first-order chi connectivity index (χ1) is 29.4. The van der Waals surface area contributed by atoms with Gasteiger partial charge in [-0.1, -0.05) is 194 Å². The Morgan fingerprint density at radius 1 is 0.453 bits per heavy atom. The van der Waals surface area contributed by atoms with Crippen molar-refractivity contribution >= 4 is 32.1 Å². The van der Waals surface area contributed by atoms with Gasteiger partial charge in [-0.2, -0.15) is 0 Å². The number of unbranched alkanes of at least 4 members (excludes halogenated alkanes) is 27. The quantitative estimate of drug-likeness (QED) is 0.0283. The van der Waals surface area contributed by atoms with E-state index in [1.807, 2.05) is 0 Å². The molecule has 0 N–H and O–H groups in total. The Kier molecular flexibility index (Phi) is 54.9. The van der Waals surface area contributed by atoms with Crippen molar-refractivity contribution in [2.24, 2.45) is 0 Å². The third-order valence-corrected chi connectivity index (χ3v) is 11.1. The van der Waals surface area contributed by atoms with Crippen LogP contribution in [0.15, 0.2) is 48.5 Å². The van der Waals surface area contributed by atoms with Crippen molar-refractivity contribution in [2.45, 2.75) is 213 Å². The molecule has 0 aliphatic rings. The van der Waals surface area contributed by atoms with E-state index in [1.54, 1.807) is 0 Å². The molecule has 0 bridgehead atoms. The third kappa shape index (κ3) is 49.3. The van der Waals surface area contributed by atoms with Gasteiger partial charge < -0.3 is 26.5 Å². The molecule has 0 spiro atoms. The van der Waals surface area contributed by atoms with Gasteiger partial charge in [0.1, 0.15) is 11.5 Å². The fraction of sp³-hybridized carbons (Fsp3) is 0.745. The van der Waals surface area contributed by atoms with Crippen LogP contribution in [0, 0.1) is 7.43 Å². The Labute approximate surface area is 441 Å². The molecule has 0 aliphatic heterocycles. The fourth-order valence-corrected chi connectivity index (χ4v) is 7.55. The van der Waals surface area contributed by atoms with Crippen LogP contribution in [-0.2, 0) is 20.7 Å². The zero-order valence-corrected chi connectivity index (χ0v) is 48.2. The number of anilines is 2. The van der Waals surface area contributed by atoms with Crippen molar-refractivity contribution in [3.8, 4) is 11.5 Å². The van der Waals surface area contributed by atoms with E-state index in [9.17, 15) is 0 Å². The van der Waals surface area contributed by atoms with E-state index in [1.165, 1.54) is 217 Å². The second kappa shape index (κ2) is 50.3. The summed E-state index contributed by atoms with van der Waals surface area (Å²) >= 11 is 0. The molecular formula is C51H92N2Na2O7S2. The van der Waals surface area contributed by atoms with Gasteiger partial charge in [0, 0.05) is 44.3 Å². The van der Waals surface area contributed by atoms with Crippen molar-refractivity contribution in [1.82, 2.24) is 0 Å². The van der Waals surface area contributed by atoms with Crippen LogP contribution in [0.1, 0.15) is 213 Å². The van der Waals surface area contributed by atoms with Crippen LogP contribution in [0.25, 0.3) is 0 Å². The summed E-state index contributed by atoms with van der Waals surface area (Å²) in [5, 5.41) is 0. The fourth-order valence-electron chi connectivity index (χ4n) is 7.55. The van der Waals surface area contributed by atoms with Crippen LogP contribution in [0.4, 0.5) is 11.4 Å². The van der Waals surface area contributed by atoms with Gasteiger partial charge in [-0.05, 0) is 67.8 Å². The number of ether oxygens (including phenoxy) is 1.